The predicted molar refractivity (Wildman–Crippen MR) is 67.7 cm³/mol. The van der Waals surface area contributed by atoms with Crippen LogP contribution in [0.2, 0.25) is 0 Å². The summed E-state index contributed by atoms with van der Waals surface area (Å²) in [5, 5.41) is 11.0. The normalized spacial score (nSPS) is 21.6. The van der Waals surface area contributed by atoms with Crippen LogP contribution < -0.4 is 0 Å². The Labute approximate surface area is 109 Å². The zero-order chi connectivity index (χ0) is 13.3. The van der Waals surface area contributed by atoms with Crippen LogP contribution in [0.15, 0.2) is 5.38 Å². The minimum atomic E-state index is -2.89. The lowest BCUT2D eigenvalue weighted by Gasteiger charge is -2.30. The van der Waals surface area contributed by atoms with Gasteiger partial charge in [-0.1, -0.05) is 0 Å². The maximum Gasteiger partial charge on any atom is 0.355 e. The van der Waals surface area contributed by atoms with E-state index in [4.69, 9.17) is 5.11 Å². The predicted octanol–water partition coefficient (Wildman–Crippen LogP) is 0.633. The highest BCUT2D eigenvalue weighted by Crippen LogP contribution is 2.25. The third kappa shape index (κ3) is 2.88. The van der Waals surface area contributed by atoms with E-state index in [2.05, 4.69) is 4.98 Å². The number of sulfone groups is 1. The Morgan fingerprint density at radius 2 is 2.11 bits per heavy atom. The molecule has 1 saturated heterocycles. The van der Waals surface area contributed by atoms with Gasteiger partial charge in [-0.05, 0) is 6.92 Å². The third-order valence-corrected chi connectivity index (χ3v) is 5.65. The number of hydrogen-bond donors (Lipinski definition) is 1. The van der Waals surface area contributed by atoms with E-state index in [1.54, 1.807) is 0 Å². The summed E-state index contributed by atoms with van der Waals surface area (Å²) < 4.78 is 22.7. The Bertz CT molecular complexity index is 538. The van der Waals surface area contributed by atoms with Crippen molar-refractivity contribution < 1.29 is 18.3 Å². The van der Waals surface area contributed by atoms with Gasteiger partial charge in [0.2, 0.25) is 0 Å². The van der Waals surface area contributed by atoms with Gasteiger partial charge in [-0.2, -0.15) is 0 Å². The molecule has 1 atom stereocenters. The molecule has 8 heteroatoms. The molecule has 0 saturated carbocycles. The van der Waals surface area contributed by atoms with Gasteiger partial charge in [0.05, 0.1) is 17.5 Å². The van der Waals surface area contributed by atoms with Gasteiger partial charge in [0.25, 0.3) is 0 Å². The molecular weight excluding hydrogens is 276 g/mol. The van der Waals surface area contributed by atoms with Crippen molar-refractivity contribution in [3.63, 3.8) is 0 Å². The summed E-state index contributed by atoms with van der Waals surface area (Å²) >= 11 is 1.30. The summed E-state index contributed by atoms with van der Waals surface area (Å²) in [6, 6.07) is -0.0430. The van der Waals surface area contributed by atoms with Crippen LogP contribution in [0.4, 0.5) is 0 Å². The van der Waals surface area contributed by atoms with Crippen molar-refractivity contribution >= 4 is 27.1 Å². The SMILES string of the molecule is CC(c1nc(C(=O)O)cs1)N1CCS(=O)(=O)CC1. The number of thiazole rings is 1. The molecule has 18 heavy (non-hydrogen) atoms. The van der Waals surface area contributed by atoms with Crippen molar-refractivity contribution in [1.82, 2.24) is 9.88 Å². The molecule has 0 spiro atoms. The zero-order valence-corrected chi connectivity index (χ0v) is 11.5. The van der Waals surface area contributed by atoms with Gasteiger partial charge in [0.1, 0.15) is 5.01 Å². The summed E-state index contributed by atoms with van der Waals surface area (Å²) in [6.07, 6.45) is 0. The Morgan fingerprint density at radius 1 is 1.50 bits per heavy atom. The number of carboxylic acids is 1. The van der Waals surface area contributed by atoms with Crippen molar-refractivity contribution in [3.05, 3.63) is 16.1 Å². The first kappa shape index (κ1) is 13.4. The topological polar surface area (TPSA) is 87.6 Å². The van der Waals surface area contributed by atoms with Crippen LogP contribution >= 0.6 is 11.3 Å². The molecule has 0 aromatic carbocycles. The van der Waals surface area contributed by atoms with E-state index in [1.807, 2.05) is 11.8 Å². The Morgan fingerprint density at radius 3 is 2.61 bits per heavy atom. The van der Waals surface area contributed by atoms with Crippen molar-refractivity contribution in [2.45, 2.75) is 13.0 Å². The second kappa shape index (κ2) is 4.94. The van der Waals surface area contributed by atoms with Crippen LogP contribution in [-0.2, 0) is 9.84 Å². The van der Waals surface area contributed by atoms with E-state index in [-0.39, 0.29) is 23.2 Å². The molecule has 1 N–H and O–H groups in total. The third-order valence-electron chi connectivity index (χ3n) is 3.03. The summed E-state index contributed by atoms with van der Waals surface area (Å²) in [6.45, 7) is 2.87. The molecule has 100 valence electrons. The van der Waals surface area contributed by atoms with E-state index in [1.165, 1.54) is 16.7 Å². The molecule has 0 aliphatic carbocycles. The van der Waals surface area contributed by atoms with E-state index in [0.29, 0.717) is 18.1 Å². The molecular formula is C10H14N2O4S2. The summed E-state index contributed by atoms with van der Waals surface area (Å²) in [5.41, 5.74) is 0.0477. The fourth-order valence-corrected chi connectivity index (χ4v) is 3.96. The van der Waals surface area contributed by atoms with E-state index in [0.717, 1.165) is 0 Å². The minimum absolute atomic E-state index is 0.0430. The molecule has 1 aliphatic heterocycles. The van der Waals surface area contributed by atoms with Crippen LogP contribution in [0, 0.1) is 0 Å². The summed E-state index contributed by atoms with van der Waals surface area (Å²) in [4.78, 5) is 16.8. The largest absolute Gasteiger partial charge is 0.476 e. The molecule has 1 fully saturated rings. The highest BCUT2D eigenvalue weighted by molar-refractivity contribution is 7.91. The molecule has 1 aromatic heterocycles. The summed E-state index contributed by atoms with van der Waals surface area (Å²) in [7, 11) is -2.89. The first-order valence-electron chi connectivity index (χ1n) is 5.52. The average Bonchev–Trinajstić information content (AvgIpc) is 2.77. The van der Waals surface area contributed by atoms with Crippen molar-refractivity contribution in [1.29, 1.82) is 0 Å². The first-order chi connectivity index (χ1) is 8.39. The fourth-order valence-electron chi connectivity index (χ4n) is 1.85. The maximum atomic E-state index is 11.3. The highest BCUT2D eigenvalue weighted by atomic mass is 32.2. The number of carboxylic acid groups (broad SMARTS) is 1. The van der Waals surface area contributed by atoms with E-state index >= 15 is 0 Å². The van der Waals surface area contributed by atoms with Gasteiger partial charge in [0, 0.05) is 18.5 Å². The molecule has 1 unspecified atom stereocenters. The van der Waals surface area contributed by atoms with Gasteiger partial charge < -0.3 is 5.11 Å². The zero-order valence-electron chi connectivity index (χ0n) is 9.87. The summed E-state index contributed by atoms with van der Waals surface area (Å²) in [5.74, 6) is -0.714. The van der Waals surface area contributed by atoms with Crippen LogP contribution in [0.25, 0.3) is 0 Å². The van der Waals surface area contributed by atoms with Gasteiger partial charge in [-0.25, -0.2) is 18.2 Å². The molecule has 1 aromatic rings. The van der Waals surface area contributed by atoms with Crippen molar-refractivity contribution in [2.24, 2.45) is 0 Å². The molecule has 0 bridgehead atoms. The molecule has 0 amide bonds. The molecule has 1 aliphatic rings. The standard InChI is InChI=1S/C10H14N2O4S2/c1-7(9-11-8(6-17-9)10(13)14)12-2-4-18(15,16)5-3-12/h6-7H,2-5H2,1H3,(H,13,14). The van der Waals surface area contributed by atoms with Crippen LogP contribution in [0.3, 0.4) is 0 Å². The van der Waals surface area contributed by atoms with E-state index in [9.17, 15) is 13.2 Å². The van der Waals surface area contributed by atoms with Gasteiger partial charge >= 0.3 is 5.97 Å². The average molecular weight is 290 g/mol. The monoisotopic (exact) mass is 290 g/mol. The van der Waals surface area contributed by atoms with Gasteiger partial charge in [0.15, 0.2) is 15.5 Å². The molecule has 2 rings (SSSR count). The van der Waals surface area contributed by atoms with Crippen LogP contribution in [0.1, 0.15) is 28.5 Å². The van der Waals surface area contributed by atoms with Gasteiger partial charge in [-0.3, -0.25) is 4.90 Å². The number of carbonyl (C=O) groups is 1. The second-order valence-corrected chi connectivity index (χ2v) is 7.43. The first-order valence-corrected chi connectivity index (χ1v) is 8.22. The number of aromatic carboxylic acids is 1. The lowest BCUT2D eigenvalue weighted by molar-refractivity contribution is 0.0691. The number of rotatable bonds is 3. The van der Waals surface area contributed by atoms with Crippen LogP contribution in [0.5, 0.6) is 0 Å². The van der Waals surface area contributed by atoms with E-state index < -0.39 is 15.8 Å². The fraction of sp³-hybridized carbons (Fsp3) is 0.600. The van der Waals surface area contributed by atoms with Gasteiger partial charge in [-0.15, -0.1) is 11.3 Å². The molecule has 0 radical (unpaired) electrons. The number of aromatic nitrogens is 1. The van der Waals surface area contributed by atoms with Crippen molar-refractivity contribution in [3.8, 4) is 0 Å². The maximum absolute atomic E-state index is 11.3. The highest BCUT2D eigenvalue weighted by Gasteiger charge is 2.27. The lowest BCUT2D eigenvalue weighted by atomic mass is 10.3. The van der Waals surface area contributed by atoms with Crippen molar-refractivity contribution in [2.75, 3.05) is 24.6 Å². The van der Waals surface area contributed by atoms with Crippen LogP contribution in [-0.4, -0.2) is 54.0 Å². The minimum Gasteiger partial charge on any atom is -0.476 e. The number of hydrogen-bond acceptors (Lipinski definition) is 6. The Hall–Kier alpha value is -0.990. The molecule has 2 heterocycles. The quantitative estimate of drug-likeness (QED) is 0.878. The lowest BCUT2D eigenvalue weighted by Crippen LogP contribution is -2.41. The Kier molecular flexibility index (Phi) is 3.69. The molecule has 6 nitrogen and oxygen atoms in total. The smallest absolute Gasteiger partial charge is 0.355 e. The second-order valence-electron chi connectivity index (χ2n) is 4.24. The number of nitrogens with zero attached hydrogens (tertiary/aromatic N) is 2. The Balaban J connectivity index is 2.07.